The highest BCUT2D eigenvalue weighted by atomic mass is 16.2. The molecule has 0 unspecified atom stereocenters. The first kappa shape index (κ1) is 11.6. The SMILES string of the molecule is CCN(Cc1ccncc1)C(=O)C1(C#N)CC1. The third-order valence-corrected chi connectivity index (χ3v) is 3.17. The Balaban J connectivity index is 2.08. The third-order valence-electron chi connectivity index (χ3n) is 3.17. The van der Waals surface area contributed by atoms with E-state index in [1.165, 1.54) is 0 Å². The average Bonchev–Trinajstić information content (AvgIpc) is 3.17. The first-order valence-electron chi connectivity index (χ1n) is 5.81. The van der Waals surface area contributed by atoms with Crippen LogP contribution in [0.4, 0.5) is 0 Å². The molecular formula is C13H15N3O. The molecule has 17 heavy (non-hydrogen) atoms. The Hall–Kier alpha value is -1.89. The first-order chi connectivity index (χ1) is 8.22. The Bertz CT molecular complexity index is 445. The van der Waals surface area contributed by atoms with E-state index in [0.29, 0.717) is 25.9 Å². The largest absolute Gasteiger partial charge is 0.337 e. The molecule has 0 atom stereocenters. The molecule has 1 aliphatic rings. The van der Waals surface area contributed by atoms with E-state index in [2.05, 4.69) is 11.1 Å². The van der Waals surface area contributed by atoms with Crippen LogP contribution in [-0.4, -0.2) is 22.3 Å². The van der Waals surface area contributed by atoms with E-state index in [4.69, 9.17) is 5.26 Å². The van der Waals surface area contributed by atoms with Gasteiger partial charge in [0.15, 0.2) is 0 Å². The second-order valence-corrected chi connectivity index (χ2v) is 4.37. The van der Waals surface area contributed by atoms with Crippen molar-refractivity contribution in [1.82, 2.24) is 9.88 Å². The van der Waals surface area contributed by atoms with Crippen LogP contribution in [-0.2, 0) is 11.3 Å². The zero-order valence-corrected chi connectivity index (χ0v) is 9.89. The Morgan fingerprint density at radius 1 is 1.53 bits per heavy atom. The molecule has 1 fully saturated rings. The van der Waals surface area contributed by atoms with Gasteiger partial charge in [0.05, 0.1) is 6.07 Å². The van der Waals surface area contributed by atoms with E-state index in [-0.39, 0.29) is 5.91 Å². The summed E-state index contributed by atoms with van der Waals surface area (Å²) in [5, 5.41) is 9.03. The molecular weight excluding hydrogens is 214 g/mol. The van der Waals surface area contributed by atoms with Gasteiger partial charge in [0.25, 0.3) is 0 Å². The second-order valence-electron chi connectivity index (χ2n) is 4.37. The predicted octanol–water partition coefficient (Wildman–Crippen LogP) is 1.73. The number of nitrogens with zero attached hydrogens (tertiary/aromatic N) is 3. The molecule has 0 spiro atoms. The second kappa shape index (κ2) is 4.54. The molecule has 2 rings (SSSR count). The van der Waals surface area contributed by atoms with Gasteiger partial charge in [-0.2, -0.15) is 5.26 Å². The summed E-state index contributed by atoms with van der Waals surface area (Å²) in [5.74, 6) is -0.0284. The summed E-state index contributed by atoms with van der Waals surface area (Å²) in [6.45, 7) is 3.12. The fraction of sp³-hybridized carbons (Fsp3) is 0.462. The zero-order valence-electron chi connectivity index (χ0n) is 9.89. The van der Waals surface area contributed by atoms with Gasteiger partial charge in [-0.1, -0.05) is 0 Å². The summed E-state index contributed by atoms with van der Waals surface area (Å²) in [6.07, 6.45) is 4.83. The highest BCUT2D eigenvalue weighted by Crippen LogP contribution is 2.46. The summed E-state index contributed by atoms with van der Waals surface area (Å²) in [4.78, 5) is 17.9. The molecule has 1 aliphatic carbocycles. The topological polar surface area (TPSA) is 57.0 Å². The van der Waals surface area contributed by atoms with E-state index >= 15 is 0 Å². The van der Waals surface area contributed by atoms with Crippen LogP contribution in [0.1, 0.15) is 25.3 Å². The lowest BCUT2D eigenvalue weighted by atomic mass is 10.1. The van der Waals surface area contributed by atoms with Crippen LogP contribution >= 0.6 is 0 Å². The number of amides is 1. The molecule has 1 heterocycles. The number of rotatable bonds is 4. The van der Waals surface area contributed by atoms with Crippen molar-refractivity contribution in [3.63, 3.8) is 0 Å². The van der Waals surface area contributed by atoms with Crippen molar-refractivity contribution in [2.24, 2.45) is 5.41 Å². The summed E-state index contributed by atoms with van der Waals surface area (Å²) in [7, 11) is 0. The lowest BCUT2D eigenvalue weighted by Gasteiger charge is -2.23. The predicted molar refractivity (Wildman–Crippen MR) is 62.6 cm³/mol. The molecule has 0 aliphatic heterocycles. The smallest absolute Gasteiger partial charge is 0.243 e. The van der Waals surface area contributed by atoms with Gasteiger partial charge in [0.1, 0.15) is 5.41 Å². The molecule has 0 bridgehead atoms. The van der Waals surface area contributed by atoms with Crippen LogP contribution in [0.25, 0.3) is 0 Å². The quantitative estimate of drug-likeness (QED) is 0.790. The van der Waals surface area contributed by atoms with Gasteiger partial charge in [-0.25, -0.2) is 0 Å². The van der Waals surface area contributed by atoms with E-state index < -0.39 is 5.41 Å². The van der Waals surface area contributed by atoms with Crippen molar-refractivity contribution in [3.8, 4) is 6.07 Å². The van der Waals surface area contributed by atoms with Gasteiger partial charge in [0.2, 0.25) is 5.91 Å². The average molecular weight is 229 g/mol. The van der Waals surface area contributed by atoms with Crippen LogP contribution in [0.15, 0.2) is 24.5 Å². The normalized spacial score (nSPS) is 16.0. The monoisotopic (exact) mass is 229 g/mol. The summed E-state index contributed by atoms with van der Waals surface area (Å²) in [6, 6.07) is 5.93. The number of carbonyl (C=O) groups is 1. The number of nitriles is 1. The fourth-order valence-electron chi connectivity index (χ4n) is 1.84. The summed E-state index contributed by atoms with van der Waals surface area (Å²) >= 11 is 0. The van der Waals surface area contributed by atoms with Gasteiger partial charge >= 0.3 is 0 Å². The van der Waals surface area contributed by atoms with Crippen molar-refractivity contribution in [3.05, 3.63) is 30.1 Å². The highest BCUT2D eigenvalue weighted by Gasteiger charge is 2.52. The molecule has 1 aromatic heterocycles. The Kier molecular flexibility index (Phi) is 3.10. The van der Waals surface area contributed by atoms with E-state index in [9.17, 15) is 4.79 Å². The lowest BCUT2D eigenvalue weighted by molar-refractivity contribution is -0.135. The third kappa shape index (κ3) is 2.28. The minimum absolute atomic E-state index is 0.0284. The maximum atomic E-state index is 12.2. The molecule has 1 saturated carbocycles. The summed E-state index contributed by atoms with van der Waals surface area (Å²) in [5.41, 5.74) is 0.326. The van der Waals surface area contributed by atoms with E-state index in [0.717, 1.165) is 5.56 Å². The van der Waals surface area contributed by atoms with Crippen molar-refractivity contribution in [2.75, 3.05) is 6.54 Å². The Labute approximate surface area is 101 Å². The lowest BCUT2D eigenvalue weighted by Crippen LogP contribution is -2.36. The van der Waals surface area contributed by atoms with Crippen molar-refractivity contribution < 1.29 is 4.79 Å². The number of hydrogen-bond acceptors (Lipinski definition) is 3. The number of hydrogen-bond donors (Lipinski definition) is 0. The summed E-state index contributed by atoms with van der Waals surface area (Å²) < 4.78 is 0. The van der Waals surface area contributed by atoms with Gasteiger partial charge in [-0.3, -0.25) is 9.78 Å². The van der Waals surface area contributed by atoms with Crippen molar-refractivity contribution >= 4 is 5.91 Å². The number of aromatic nitrogens is 1. The van der Waals surface area contributed by atoms with Crippen LogP contribution in [0.5, 0.6) is 0 Å². The van der Waals surface area contributed by atoms with Crippen LogP contribution in [0.3, 0.4) is 0 Å². The standard InChI is InChI=1S/C13H15N3O/c1-2-16(9-11-3-7-15-8-4-11)12(17)13(10-14)5-6-13/h3-4,7-8H,2,5-6,9H2,1H3. The molecule has 0 radical (unpaired) electrons. The minimum atomic E-state index is -0.719. The van der Waals surface area contributed by atoms with Crippen LogP contribution < -0.4 is 0 Å². The molecule has 0 aromatic carbocycles. The molecule has 4 heteroatoms. The Morgan fingerprint density at radius 2 is 2.18 bits per heavy atom. The number of pyridine rings is 1. The molecule has 0 N–H and O–H groups in total. The van der Waals surface area contributed by atoms with E-state index in [1.807, 2.05) is 19.1 Å². The fourth-order valence-corrected chi connectivity index (χ4v) is 1.84. The van der Waals surface area contributed by atoms with Gasteiger partial charge < -0.3 is 4.90 Å². The van der Waals surface area contributed by atoms with Crippen molar-refractivity contribution in [1.29, 1.82) is 5.26 Å². The zero-order chi connectivity index (χ0) is 12.3. The van der Waals surface area contributed by atoms with Crippen LogP contribution in [0.2, 0.25) is 0 Å². The van der Waals surface area contributed by atoms with Gasteiger partial charge in [0, 0.05) is 25.5 Å². The Morgan fingerprint density at radius 3 is 2.65 bits per heavy atom. The molecule has 88 valence electrons. The molecule has 4 nitrogen and oxygen atoms in total. The van der Waals surface area contributed by atoms with Gasteiger partial charge in [-0.15, -0.1) is 0 Å². The highest BCUT2D eigenvalue weighted by molar-refractivity contribution is 5.88. The van der Waals surface area contributed by atoms with Crippen molar-refractivity contribution in [2.45, 2.75) is 26.3 Å². The van der Waals surface area contributed by atoms with E-state index in [1.54, 1.807) is 17.3 Å². The maximum Gasteiger partial charge on any atom is 0.243 e. The minimum Gasteiger partial charge on any atom is -0.337 e. The maximum absolute atomic E-state index is 12.2. The number of carbonyl (C=O) groups excluding carboxylic acids is 1. The van der Waals surface area contributed by atoms with Gasteiger partial charge in [-0.05, 0) is 37.5 Å². The first-order valence-corrected chi connectivity index (χ1v) is 5.81. The molecule has 0 saturated heterocycles. The molecule has 1 amide bonds. The molecule has 1 aromatic rings. The van der Waals surface area contributed by atoms with Crippen LogP contribution in [0, 0.1) is 16.7 Å².